The van der Waals surface area contributed by atoms with E-state index in [1.54, 1.807) is 18.4 Å². The van der Waals surface area contributed by atoms with Gasteiger partial charge in [0.1, 0.15) is 12.4 Å². The summed E-state index contributed by atoms with van der Waals surface area (Å²) >= 11 is 1.80. The molecule has 0 fully saturated rings. The van der Waals surface area contributed by atoms with Crippen LogP contribution >= 0.6 is 11.3 Å². The van der Waals surface area contributed by atoms with Crippen LogP contribution in [0.25, 0.3) is 0 Å². The van der Waals surface area contributed by atoms with Crippen LogP contribution in [0.2, 0.25) is 0 Å². The number of hydrogen-bond donors (Lipinski definition) is 1. The molecule has 4 heteroatoms. The van der Waals surface area contributed by atoms with E-state index in [0.29, 0.717) is 6.61 Å². The topological polar surface area (TPSA) is 30.5 Å². The van der Waals surface area contributed by atoms with Gasteiger partial charge in [-0.05, 0) is 42.8 Å². The Balaban J connectivity index is 1.80. The highest BCUT2D eigenvalue weighted by Gasteiger charge is 2.01. The van der Waals surface area contributed by atoms with E-state index < -0.39 is 0 Å². The van der Waals surface area contributed by atoms with Crippen molar-refractivity contribution in [1.29, 1.82) is 0 Å². The Morgan fingerprint density at radius 3 is 2.52 bits per heavy atom. The summed E-state index contributed by atoms with van der Waals surface area (Å²) in [5, 5.41) is 3.33. The molecular formula is C17H23NO2S. The van der Waals surface area contributed by atoms with E-state index in [1.165, 1.54) is 15.3 Å². The van der Waals surface area contributed by atoms with Gasteiger partial charge in [-0.2, -0.15) is 0 Å². The van der Waals surface area contributed by atoms with E-state index >= 15 is 0 Å². The van der Waals surface area contributed by atoms with E-state index in [2.05, 4.69) is 36.5 Å². The predicted molar refractivity (Wildman–Crippen MR) is 88.1 cm³/mol. The lowest BCUT2D eigenvalue weighted by Gasteiger charge is -2.06. The molecule has 0 unspecified atom stereocenters. The van der Waals surface area contributed by atoms with Crippen LogP contribution in [0.1, 0.15) is 22.2 Å². The van der Waals surface area contributed by atoms with Crippen LogP contribution in [0.5, 0.6) is 5.75 Å². The van der Waals surface area contributed by atoms with Crippen molar-refractivity contribution < 1.29 is 9.47 Å². The number of rotatable bonds is 9. The quantitative estimate of drug-likeness (QED) is 0.767. The number of methoxy groups -OCH3 is 1. The molecule has 1 aromatic heterocycles. The fourth-order valence-electron chi connectivity index (χ4n) is 1.97. The van der Waals surface area contributed by atoms with Crippen molar-refractivity contribution in [3.8, 4) is 5.75 Å². The van der Waals surface area contributed by atoms with Gasteiger partial charge in [0.05, 0.1) is 6.61 Å². The minimum atomic E-state index is 0.633. The third-order valence-corrected chi connectivity index (χ3v) is 4.22. The number of thiophene rings is 1. The molecule has 0 amide bonds. The van der Waals surface area contributed by atoms with Gasteiger partial charge < -0.3 is 14.8 Å². The van der Waals surface area contributed by atoms with Gasteiger partial charge in [-0.1, -0.05) is 19.1 Å². The summed E-state index contributed by atoms with van der Waals surface area (Å²) in [5.41, 5.74) is 1.27. The van der Waals surface area contributed by atoms with Crippen molar-refractivity contribution >= 4 is 11.3 Å². The van der Waals surface area contributed by atoms with Crippen LogP contribution in [0.15, 0.2) is 36.4 Å². The second-order valence-electron chi connectivity index (χ2n) is 4.82. The molecule has 3 nitrogen and oxygen atoms in total. The van der Waals surface area contributed by atoms with Crippen LogP contribution in [0, 0.1) is 0 Å². The summed E-state index contributed by atoms with van der Waals surface area (Å²) < 4.78 is 10.9. The van der Waals surface area contributed by atoms with Gasteiger partial charge >= 0.3 is 0 Å². The van der Waals surface area contributed by atoms with Crippen LogP contribution in [-0.4, -0.2) is 20.3 Å². The lowest BCUT2D eigenvalue weighted by atomic mass is 10.1. The van der Waals surface area contributed by atoms with Gasteiger partial charge in [0.15, 0.2) is 0 Å². The number of hydrogen-bond acceptors (Lipinski definition) is 4. The van der Waals surface area contributed by atoms with Crippen molar-refractivity contribution in [2.24, 2.45) is 0 Å². The Kier molecular flexibility index (Phi) is 6.73. The fourth-order valence-corrected chi connectivity index (χ4v) is 2.87. The molecule has 0 saturated carbocycles. The molecule has 1 heterocycles. The molecule has 1 aromatic carbocycles. The Hall–Kier alpha value is -1.36. The average molecular weight is 305 g/mol. The van der Waals surface area contributed by atoms with E-state index in [-0.39, 0.29) is 0 Å². The normalized spacial score (nSPS) is 10.8. The van der Waals surface area contributed by atoms with Gasteiger partial charge in [0.2, 0.25) is 0 Å². The van der Waals surface area contributed by atoms with Crippen LogP contribution in [-0.2, 0) is 24.3 Å². The van der Waals surface area contributed by atoms with E-state index in [4.69, 9.17) is 9.47 Å². The minimum Gasteiger partial charge on any atom is -0.488 e. The van der Waals surface area contributed by atoms with Gasteiger partial charge in [0, 0.05) is 23.4 Å². The molecule has 114 valence electrons. The summed E-state index contributed by atoms with van der Waals surface area (Å²) in [7, 11) is 1.72. The SMILES string of the molecule is CCNCc1ccc(COc2ccc(CCOC)cc2)s1. The molecule has 1 N–H and O–H groups in total. The van der Waals surface area contributed by atoms with Gasteiger partial charge in [-0.25, -0.2) is 0 Å². The zero-order chi connectivity index (χ0) is 14.9. The Morgan fingerprint density at radius 1 is 1.05 bits per heavy atom. The zero-order valence-electron chi connectivity index (χ0n) is 12.7. The third-order valence-electron chi connectivity index (χ3n) is 3.17. The first kappa shape index (κ1) is 16.0. The third kappa shape index (κ3) is 5.50. The molecule has 2 rings (SSSR count). The highest BCUT2D eigenvalue weighted by Crippen LogP contribution is 2.20. The maximum atomic E-state index is 5.83. The molecule has 0 bridgehead atoms. The van der Waals surface area contributed by atoms with Crippen molar-refractivity contribution in [1.82, 2.24) is 5.32 Å². The first-order chi connectivity index (χ1) is 10.3. The first-order valence-corrected chi connectivity index (χ1v) is 8.12. The first-order valence-electron chi connectivity index (χ1n) is 7.30. The van der Waals surface area contributed by atoms with Crippen LogP contribution in [0.4, 0.5) is 0 Å². The van der Waals surface area contributed by atoms with Gasteiger partial charge in [0.25, 0.3) is 0 Å². The Labute approximate surface area is 130 Å². The second kappa shape index (κ2) is 8.82. The minimum absolute atomic E-state index is 0.633. The number of ether oxygens (including phenoxy) is 2. The van der Waals surface area contributed by atoms with E-state index in [1.807, 2.05) is 12.1 Å². The molecule has 0 aliphatic heterocycles. The fraction of sp³-hybridized carbons (Fsp3) is 0.412. The largest absolute Gasteiger partial charge is 0.488 e. The van der Waals surface area contributed by atoms with Gasteiger partial charge in [-0.3, -0.25) is 0 Å². The van der Waals surface area contributed by atoms with Gasteiger partial charge in [-0.15, -0.1) is 11.3 Å². The van der Waals surface area contributed by atoms with Crippen molar-refractivity contribution in [3.63, 3.8) is 0 Å². The van der Waals surface area contributed by atoms with Crippen molar-refractivity contribution in [3.05, 3.63) is 51.7 Å². The van der Waals surface area contributed by atoms with E-state index in [9.17, 15) is 0 Å². The molecule has 0 atom stereocenters. The number of nitrogens with one attached hydrogen (secondary N) is 1. The predicted octanol–water partition coefficient (Wildman–Crippen LogP) is 3.63. The monoisotopic (exact) mass is 305 g/mol. The smallest absolute Gasteiger partial charge is 0.122 e. The lowest BCUT2D eigenvalue weighted by molar-refractivity contribution is 0.202. The second-order valence-corrected chi connectivity index (χ2v) is 6.08. The maximum absolute atomic E-state index is 5.83. The highest BCUT2D eigenvalue weighted by molar-refractivity contribution is 7.11. The molecule has 2 aromatic rings. The van der Waals surface area contributed by atoms with Crippen LogP contribution < -0.4 is 10.1 Å². The standard InChI is InChI=1S/C17H23NO2S/c1-3-18-12-16-8-9-17(21-16)13-20-15-6-4-14(5-7-15)10-11-19-2/h4-9,18H,3,10-13H2,1-2H3. The molecule has 0 spiro atoms. The molecule has 0 saturated heterocycles. The highest BCUT2D eigenvalue weighted by atomic mass is 32.1. The van der Waals surface area contributed by atoms with Crippen LogP contribution in [0.3, 0.4) is 0 Å². The van der Waals surface area contributed by atoms with Crippen molar-refractivity contribution in [2.45, 2.75) is 26.5 Å². The molecular weight excluding hydrogens is 282 g/mol. The Morgan fingerprint density at radius 2 is 1.81 bits per heavy atom. The Bertz CT molecular complexity index is 522. The maximum Gasteiger partial charge on any atom is 0.122 e. The van der Waals surface area contributed by atoms with E-state index in [0.717, 1.165) is 31.9 Å². The molecule has 0 aliphatic carbocycles. The lowest BCUT2D eigenvalue weighted by Crippen LogP contribution is -2.10. The molecule has 21 heavy (non-hydrogen) atoms. The molecule has 0 aliphatic rings. The van der Waals surface area contributed by atoms with Crippen molar-refractivity contribution in [2.75, 3.05) is 20.3 Å². The number of benzene rings is 1. The summed E-state index contributed by atoms with van der Waals surface area (Å²) in [4.78, 5) is 2.61. The zero-order valence-corrected chi connectivity index (χ0v) is 13.5. The summed E-state index contributed by atoms with van der Waals surface area (Å²) in [6.07, 6.45) is 0.940. The summed E-state index contributed by atoms with van der Waals surface area (Å²) in [5.74, 6) is 0.915. The summed E-state index contributed by atoms with van der Waals surface area (Å²) in [6, 6.07) is 12.6. The molecule has 0 radical (unpaired) electrons. The average Bonchev–Trinajstić information content (AvgIpc) is 2.98. The summed E-state index contributed by atoms with van der Waals surface area (Å²) in [6.45, 7) is 5.45.